The lowest BCUT2D eigenvalue weighted by molar-refractivity contribution is -0.387. The Morgan fingerprint density at radius 1 is 1.37 bits per heavy atom. The molecule has 0 saturated heterocycles. The van der Waals surface area contributed by atoms with E-state index in [0.717, 1.165) is 12.1 Å². The van der Waals surface area contributed by atoms with E-state index in [1.165, 1.54) is 18.3 Å². The summed E-state index contributed by atoms with van der Waals surface area (Å²) in [5.41, 5.74) is 0.503. The van der Waals surface area contributed by atoms with Crippen LogP contribution < -0.4 is 5.32 Å². The standard InChI is InChI=1S/C12H10FN3O3/c13-11-5-8(2-4-12(11)16(18)19)14-6-9-1-3-10(17)7-15-9/h1-5,7,14,17H,6H2. The Bertz CT molecular complexity index is 602. The maximum absolute atomic E-state index is 13.3. The van der Waals surface area contributed by atoms with Crippen LogP contribution in [0.1, 0.15) is 5.69 Å². The van der Waals surface area contributed by atoms with Crippen LogP contribution in [0.5, 0.6) is 5.75 Å². The largest absolute Gasteiger partial charge is 0.506 e. The molecule has 2 rings (SSSR count). The zero-order valence-electron chi connectivity index (χ0n) is 9.71. The number of aromatic nitrogens is 1. The Morgan fingerprint density at radius 2 is 2.16 bits per heavy atom. The minimum absolute atomic E-state index is 0.0603. The summed E-state index contributed by atoms with van der Waals surface area (Å²) in [6.45, 7) is 0.317. The zero-order chi connectivity index (χ0) is 13.8. The highest BCUT2D eigenvalue weighted by molar-refractivity contribution is 5.49. The van der Waals surface area contributed by atoms with Crippen LogP contribution in [0.3, 0.4) is 0 Å². The second kappa shape index (κ2) is 5.30. The van der Waals surface area contributed by atoms with E-state index in [1.54, 1.807) is 6.07 Å². The molecule has 0 spiro atoms. The van der Waals surface area contributed by atoms with Crippen LogP contribution in [0.15, 0.2) is 36.5 Å². The van der Waals surface area contributed by atoms with Crippen molar-refractivity contribution in [3.05, 3.63) is 58.2 Å². The van der Waals surface area contributed by atoms with Crippen LogP contribution in [0, 0.1) is 15.9 Å². The van der Waals surface area contributed by atoms with Crippen molar-refractivity contribution < 1.29 is 14.4 Å². The van der Waals surface area contributed by atoms with E-state index in [-0.39, 0.29) is 5.75 Å². The molecule has 0 aliphatic carbocycles. The average Bonchev–Trinajstić information content (AvgIpc) is 2.37. The second-order valence-electron chi connectivity index (χ2n) is 3.78. The molecule has 1 aromatic heterocycles. The summed E-state index contributed by atoms with van der Waals surface area (Å²) in [5.74, 6) is -0.834. The lowest BCUT2D eigenvalue weighted by atomic mass is 10.2. The van der Waals surface area contributed by atoms with Crippen LogP contribution in [0.25, 0.3) is 0 Å². The highest BCUT2D eigenvalue weighted by Gasteiger charge is 2.13. The Balaban J connectivity index is 2.06. The molecule has 0 unspecified atom stereocenters. The number of nitro benzene ring substituents is 1. The predicted molar refractivity (Wildman–Crippen MR) is 66.3 cm³/mol. The maximum Gasteiger partial charge on any atom is 0.304 e. The Morgan fingerprint density at radius 3 is 2.74 bits per heavy atom. The highest BCUT2D eigenvalue weighted by atomic mass is 19.1. The first-order valence-corrected chi connectivity index (χ1v) is 5.38. The molecule has 0 fully saturated rings. The van der Waals surface area contributed by atoms with E-state index in [0.29, 0.717) is 17.9 Å². The molecule has 1 aromatic carbocycles. The van der Waals surface area contributed by atoms with Gasteiger partial charge in [0.05, 0.1) is 23.4 Å². The fourth-order valence-electron chi connectivity index (χ4n) is 1.48. The van der Waals surface area contributed by atoms with Gasteiger partial charge >= 0.3 is 5.69 Å². The molecule has 0 saturated carbocycles. The van der Waals surface area contributed by atoms with Gasteiger partial charge in [-0.3, -0.25) is 15.1 Å². The van der Waals surface area contributed by atoms with Gasteiger partial charge in [-0.05, 0) is 18.2 Å². The van der Waals surface area contributed by atoms with Gasteiger partial charge in [-0.15, -0.1) is 0 Å². The fraction of sp³-hybridized carbons (Fsp3) is 0.0833. The summed E-state index contributed by atoms with van der Waals surface area (Å²) in [6, 6.07) is 6.67. The Labute approximate surface area is 107 Å². The lowest BCUT2D eigenvalue weighted by Crippen LogP contribution is -2.02. The molecule has 6 nitrogen and oxygen atoms in total. The summed E-state index contributed by atoms with van der Waals surface area (Å²) < 4.78 is 13.3. The Kier molecular flexibility index (Phi) is 3.56. The van der Waals surface area contributed by atoms with Gasteiger partial charge in [-0.2, -0.15) is 4.39 Å². The number of rotatable bonds is 4. The number of pyridine rings is 1. The minimum atomic E-state index is -0.895. The molecule has 2 aromatic rings. The summed E-state index contributed by atoms with van der Waals surface area (Å²) in [4.78, 5) is 13.6. The first-order chi connectivity index (χ1) is 9.06. The van der Waals surface area contributed by atoms with Crippen LogP contribution in [0.2, 0.25) is 0 Å². The number of nitrogens with one attached hydrogen (secondary N) is 1. The van der Waals surface area contributed by atoms with Gasteiger partial charge < -0.3 is 10.4 Å². The van der Waals surface area contributed by atoms with Crippen LogP contribution in [-0.4, -0.2) is 15.0 Å². The smallest absolute Gasteiger partial charge is 0.304 e. The van der Waals surface area contributed by atoms with E-state index >= 15 is 0 Å². The van der Waals surface area contributed by atoms with E-state index in [2.05, 4.69) is 10.3 Å². The molecule has 98 valence electrons. The molecule has 2 N–H and O–H groups in total. The summed E-state index contributed by atoms with van der Waals surface area (Å²) >= 11 is 0. The molecule has 0 amide bonds. The summed E-state index contributed by atoms with van der Waals surface area (Å²) in [6.07, 6.45) is 1.30. The molecule has 1 heterocycles. The SMILES string of the molecule is O=[N+]([O-])c1ccc(NCc2ccc(O)cn2)cc1F. The number of benzene rings is 1. The summed E-state index contributed by atoms with van der Waals surface area (Å²) in [5, 5.41) is 22.4. The van der Waals surface area contributed by atoms with Crippen molar-refractivity contribution in [2.45, 2.75) is 6.54 Å². The summed E-state index contributed by atoms with van der Waals surface area (Å²) in [7, 11) is 0. The normalized spacial score (nSPS) is 10.2. The molecule has 0 radical (unpaired) electrons. The van der Waals surface area contributed by atoms with E-state index in [4.69, 9.17) is 5.11 Å². The first kappa shape index (κ1) is 12.7. The molecule has 0 aliphatic rings. The number of halogens is 1. The zero-order valence-corrected chi connectivity index (χ0v) is 9.71. The molecule has 19 heavy (non-hydrogen) atoms. The van der Waals surface area contributed by atoms with Gasteiger partial charge in [0.25, 0.3) is 0 Å². The first-order valence-electron chi connectivity index (χ1n) is 5.38. The number of hydrogen-bond acceptors (Lipinski definition) is 5. The lowest BCUT2D eigenvalue weighted by Gasteiger charge is -2.06. The van der Waals surface area contributed by atoms with E-state index in [9.17, 15) is 14.5 Å². The average molecular weight is 263 g/mol. The van der Waals surface area contributed by atoms with E-state index in [1.807, 2.05) is 0 Å². The van der Waals surface area contributed by atoms with Gasteiger partial charge in [0.2, 0.25) is 5.82 Å². The molecule has 0 aliphatic heterocycles. The topological polar surface area (TPSA) is 88.3 Å². The predicted octanol–water partition coefficient (Wildman–Crippen LogP) is 2.45. The number of nitro groups is 1. The van der Waals surface area contributed by atoms with E-state index < -0.39 is 16.4 Å². The van der Waals surface area contributed by atoms with Crippen molar-refractivity contribution >= 4 is 11.4 Å². The fourth-order valence-corrected chi connectivity index (χ4v) is 1.48. The van der Waals surface area contributed by atoms with Crippen molar-refractivity contribution in [3.8, 4) is 5.75 Å². The number of nitrogens with zero attached hydrogens (tertiary/aromatic N) is 2. The number of hydrogen-bond donors (Lipinski definition) is 2. The Hall–Kier alpha value is -2.70. The van der Waals surface area contributed by atoms with Gasteiger partial charge in [-0.25, -0.2) is 0 Å². The molecular weight excluding hydrogens is 253 g/mol. The van der Waals surface area contributed by atoms with Gasteiger partial charge in [0, 0.05) is 17.8 Å². The number of anilines is 1. The monoisotopic (exact) mass is 263 g/mol. The van der Waals surface area contributed by atoms with Gasteiger partial charge in [0.15, 0.2) is 0 Å². The quantitative estimate of drug-likeness (QED) is 0.653. The van der Waals surface area contributed by atoms with Crippen molar-refractivity contribution in [3.63, 3.8) is 0 Å². The van der Waals surface area contributed by atoms with Crippen LogP contribution >= 0.6 is 0 Å². The van der Waals surface area contributed by atoms with Gasteiger partial charge in [-0.1, -0.05) is 0 Å². The maximum atomic E-state index is 13.3. The third-order valence-electron chi connectivity index (χ3n) is 2.43. The molecular formula is C12H10FN3O3. The van der Waals surface area contributed by atoms with Crippen LogP contribution in [-0.2, 0) is 6.54 Å². The number of aromatic hydroxyl groups is 1. The minimum Gasteiger partial charge on any atom is -0.506 e. The van der Waals surface area contributed by atoms with Crippen molar-refractivity contribution in [2.75, 3.05) is 5.32 Å². The van der Waals surface area contributed by atoms with Crippen molar-refractivity contribution in [1.29, 1.82) is 0 Å². The van der Waals surface area contributed by atoms with Crippen molar-refractivity contribution in [1.82, 2.24) is 4.98 Å². The van der Waals surface area contributed by atoms with Crippen LogP contribution in [0.4, 0.5) is 15.8 Å². The highest BCUT2D eigenvalue weighted by Crippen LogP contribution is 2.21. The third kappa shape index (κ3) is 3.15. The second-order valence-corrected chi connectivity index (χ2v) is 3.78. The van der Waals surface area contributed by atoms with Gasteiger partial charge in [0.1, 0.15) is 5.75 Å². The van der Waals surface area contributed by atoms with Crippen molar-refractivity contribution in [2.24, 2.45) is 0 Å². The third-order valence-corrected chi connectivity index (χ3v) is 2.43. The molecule has 7 heteroatoms. The molecule has 0 bridgehead atoms. The molecule has 0 atom stereocenters.